The molecule has 2 atom stereocenters. The van der Waals surface area contributed by atoms with Gasteiger partial charge in [-0.15, -0.1) is 11.8 Å². The fraction of sp³-hybridized carbons (Fsp3) is 0.462. The van der Waals surface area contributed by atoms with Crippen molar-refractivity contribution in [2.24, 2.45) is 5.73 Å². The molecule has 1 unspecified atom stereocenters. The number of rotatable bonds is 4. The van der Waals surface area contributed by atoms with Crippen LogP contribution in [0.4, 0.5) is 0 Å². The van der Waals surface area contributed by atoms with Crippen LogP contribution in [0.2, 0.25) is 0 Å². The minimum Gasteiger partial charge on any atom is -0.477 e. The van der Waals surface area contributed by atoms with Crippen LogP contribution < -0.4 is 5.73 Å². The molecule has 1 saturated heterocycles. The number of aliphatic carboxylic acids is 1. The summed E-state index contributed by atoms with van der Waals surface area (Å²) in [5.41, 5.74) is 7.26. The topological polar surface area (TPSA) is 110 Å². The van der Waals surface area contributed by atoms with Crippen molar-refractivity contribution >= 4 is 35.4 Å². The van der Waals surface area contributed by atoms with Gasteiger partial charge in [0.25, 0.3) is 0 Å². The summed E-state index contributed by atoms with van der Waals surface area (Å²) in [5.74, 6) is 0.142. The Kier molecular flexibility index (Phi) is 3.96. The molecule has 3 rings (SSSR count). The summed E-state index contributed by atoms with van der Waals surface area (Å²) < 4.78 is 5.48. The van der Waals surface area contributed by atoms with E-state index in [0.717, 1.165) is 5.69 Å². The number of carboxylic acids is 1. The summed E-state index contributed by atoms with van der Waals surface area (Å²) in [4.78, 5) is 28.9. The second-order valence-electron chi connectivity index (χ2n) is 5.09. The monoisotopic (exact) mass is 341 g/mol. The fourth-order valence-corrected chi connectivity index (χ4v) is 4.89. The van der Waals surface area contributed by atoms with Crippen molar-refractivity contribution in [3.8, 4) is 0 Å². The van der Waals surface area contributed by atoms with E-state index in [0.29, 0.717) is 28.1 Å². The van der Waals surface area contributed by atoms with Crippen LogP contribution in [0.5, 0.6) is 0 Å². The fourth-order valence-electron chi connectivity index (χ4n) is 2.49. The van der Waals surface area contributed by atoms with Crippen molar-refractivity contribution in [1.29, 1.82) is 0 Å². The number of hydrogen-bond donors (Lipinski definition) is 2. The first-order valence-electron chi connectivity index (χ1n) is 6.62. The summed E-state index contributed by atoms with van der Waals surface area (Å²) in [6.45, 7) is 3.61. The number of nitrogens with zero attached hydrogens (tertiary/aromatic N) is 2. The number of hydrogen-bond acceptors (Lipinski definition) is 7. The number of carbonyl (C=O) groups excluding carboxylic acids is 1. The molecule has 9 heteroatoms. The molecular weight excluding hydrogens is 326 g/mol. The normalized spacial score (nSPS) is 24.3. The lowest BCUT2D eigenvalue weighted by atomic mass is 10.0. The smallest absolute Gasteiger partial charge is 0.352 e. The number of aromatic nitrogens is 1. The Morgan fingerprint density at radius 2 is 2.32 bits per heavy atom. The SMILES string of the molecule is Cc1nc(C)c(SCC2=C(C(=O)O)N3C(=O)C(N)[C@H]3SC2)o1. The first kappa shape index (κ1) is 15.4. The molecule has 0 bridgehead atoms. The highest BCUT2D eigenvalue weighted by molar-refractivity contribution is 8.01. The van der Waals surface area contributed by atoms with Crippen LogP contribution in [0, 0.1) is 13.8 Å². The minimum absolute atomic E-state index is 0.0665. The largest absolute Gasteiger partial charge is 0.477 e. The molecule has 1 fully saturated rings. The van der Waals surface area contributed by atoms with Crippen LogP contribution in [0.25, 0.3) is 0 Å². The Balaban J connectivity index is 1.83. The van der Waals surface area contributed by atoms with E-state index in [1.54, 1.807) is 6.92 Å². The first-order valence-corrected chi connectivity index (χ1v) is 8.66. The van der Waals surface area contributed by atoms with E-state index in [1.165, 1.54) is 28.4 Å². The van der Waals surface area contributed by atoms with Gasteiger partial charge in [-0.1, -0.05) is 11.8 Å². The Labute approximate surface area is 135 Å². The molecule has 1 amide bonds. The van der Waals surface area contributed by atoms with Crippen LogP contribution in [0.15, 0.2) is 20.8 Å². The molecule has 0 aliphatic carbocycles. The molecule has 0 spiro atoms. The molecule has 1 aromatic rings. The van der Waals surface area contributed by atoms with E-state index in [1.807, 2.05) is 6.92 Å². The molecule has 0 aromatic carbocycles. The van der Waals surface area contributed by atoms with Crippen molar-refractivity contribution in [1.82, 2.24) is 9.88 Å². The van der Waals surface area contributed by atoms with Crippen LogP contribution in [0.1, 0.15) is 11.6 Å². The zero-order valence-corrected chi connectivity index (χ0v) is 13.7. The maximum absolute atomic E-state index is 11.8. The molecule has 2 aliphatic rings. The average Bonchev–Trinajstić information content (AvgIpc) is 2.80. The summed E-state index contributed by atoms with van der Waals surface area (Å²) in [7, 11) is 0. The number of oxazole rings is 1. The Hall–Kier alpha value is -1.45. The quantitative estimate of drug-likeness (QED) is 0.616. The number of nitrogens with two attached hydrogens (primary N) is 1. The van der Waals surface area contributed by atoms with Crippen molar-refractivity contribution in [2.75, 3.05) is 11.5 Å². The zero-order chi connectivity index (χ0) is 16.0. The molecule has 3 heterocycles. The third kappa shape index (κ3) is 2.42. The van der Waals surface area contributed by atoms with Gasteiger partial charge in [0.1, 0.15) is 17.1 Å². The highest BCUT2D eigenvalue weighted by Gasteiger charge is 2.51. The van der Waals surface area contributed by atoms with Gasteiger partial charge in [0.2, 0.25) is 5.91 Å². The van der Waals surface area contributed by atoms with E-state index in [4.69, 9.17) is 10.2 Å². The lowest BCUT2D eigenvalue weighted by Gasteiger charge is -2.48. The van der Waals surface area contributed by atoms with Gasteiger partial charge in [-0.05, 0) is 12.5 Å². The minimum atomic E-state index is -1.09. The van der Waals surface area contributed by atoms with Gasteiger partial charge >= 0.3 is 5.97 Å². The summed E-state index contributed by atoms with van der Waals surface area (Å²) in [6.07, 6.45) is 0. The number of fused-ring (bicyclic) bond motifs is 1. The van der Waals surface area contributed by atoms with Crippen molar-refractivity contribution in [3.05, 3.63) is 22.9 Å². The van der Waals surface area contributed by atoms with Gasteiger partial charge < -0.3 is 15.3 Å². The van der Waals surface area contributed by atoms with Crippen molar-refractivity contribution in [3.63, 3.8) is 0 Å². The molecule has 1 aromatic heterocycles. The van der Waals surface area contributed by atoms with Crippen molar-refractivity contribution < 1.29 is 19.1 Å². The number of aryl methyl sites for hydroxylation is 2. The molecular formula is C13H15N3O4S2. The van der Waals surface area contributed by atoms with Gasteiger partial charge in [0, 0.05) is 18.4 Å². The van der Waals surface area contributed by atoms with Gasteiger partial charge in [-0.25, -0.2) is 9.78 Å². The summed E-state index contributed by atoms with van der Waals surface area (Å²) in [5, 5.41) is 9.86. The van der Waals surface area contributed by atoms with Crippen LogP contribution in [-0.4, -0.2) is 49.8 Å². The zero-order valence-electron chi connectivity index (χ0n) is 12.0. The number of carbonyl (C=O) groups is 2. The molecule has 3 N–H and O–H groups in total. The molecule has 0 saturated carbocycles. The number of thioether (sulfide) groups is 2. The van der Waals surface area contributed by atoms with Gasteiger partial charge in [-0.2, -0.15) is 0 Å². The summed E-state index contributed by atoms with van der Waals surface area (Å²) >= 11 is 2.89. The first-order chi connectivity index (χ1) is 10.4. The van der Waals surface area contributed by atoms with Gasteiger partial charge in [0.05, 0.1) is 5.69 Å². The predicted octanol–water partition coefficient (Wildman–Crippen LogP) is 0.965. The maximum atomic E-state index is 11.8. The third-order valence-electron chi connectivity index (χ3n) is 3.53. The van der Waals surface area contributed by atoms with E-state index in [2.05, 4.69) is 4.98 Å². The number of carboxylic acid groups (broad SMARTS) is 1. The van der Waals surface area contributed by atoms with Gasteiger partial charge in [-0.3, -0.25) is 9.69 Å². The average molecular weight is 341 g/mol. The Morgan fingerprint density at radius 1 is 1.59 bits per heavy atom. The van der Waals surface area contributed by atoms with Crippen molar-refractivity contribution in [2.45, 2.75) is 30.4 Å². The van der Waals surface area contributed by atoms with E-state index < -0.39 is 12.0 Å². The highest BCUT2D eigenvalue weighted by Crippen LogP contribution is 2.41. The second kappa shape index (κ2) is 5.64. The molecule has 22 heavy (non-hydrogen) atoms. The van der Waals surface area contributed by atoms with Gasteiger partial charge in [0.15, 0.2) is 11.0 Å². The molecule has 0 radical (unpaired) electrons. The molecule has 7 nitrogen and oxygen atoms in total. The number of amides is 1. The Morgan fingerprint density at radius 3 is 2.91 bits per heavy atom. The standard InChI is InChI=1S/C13H15N3O4S2/c1-5-13(20-6(2)15-5)22-4-7-3-21-11-8(14)10(17)16(11)9(7)12(18)19/h8,11H,3-4,14H2,1-2H3,(H,18,19)/t8?,11-/m1/s1. The maximum Gasteiger partial charge on any atom is 0.352 e. The Bertz CT molecular complexity index is 685. The van der Waals surface area contributed by atoms with E-state index in [9.17, 15) is 14.7 Å². The lowest BCUT2D eigenvalue weighted by molar-refractivity contribution is -0.147. The van der Waals surface area contributed by atoms with Crippen LogP contribution in [0.3, 0.4) is 0 Å². The lowest BCUT2D eigenvalue weighted by Crippen LogP contribution is -2.68. The number of β-lactam (4-membered cyclic amide) rings is 1. The summed E-state index contributed by atoms with van der Waals surface area (Å²) in [6, 6.07) is -0.604. The van der Waals surface area contributed by atoms with E-state index in [-0.39, 0.29) is 17.0 Å². The van der Waals surface area contributed by atoms with Crippen LogP contribution in [-0.2, 0) is 9.59 Å². The molecule has 2 aliphatic heterocycles. The predicted molar refractivity (Wildman–Crippen MR) is 82.4 cm³/mol. The third-order valence-corrected chi connectivity index (χ3v) is 6.02. The van der Waals surface area contributed by atoms with E-state index >= 15 is 0 Å². The highest BCUT2D eigenvalue weighted by atomic mass is 32.2. The molecule has 118 valence electrons. The second-order valence-corrected chi connectivity index (χ2v) is 7.14. The van der Waals surface area contributed by atoms with Crippen LogP contribution >= 0.6 is 23.5 Å².